The Morgan fingerprint density at radius 1 is 1.00 bits per heavy atom. The zero-order chi connectivity index (χ0) is 17.1. The monoisotopic (exact) mass is 332 g/mol. The molecule has 2 aromatic carbocycles. The summed E-state index contributed by atoms with van der Waals surface area (Å²) in [5.41, 5.74) is 3.42. The van der Waals surface area contributed by atoms with Crippen LogP contribution < -0.4 is 14.8 Å². The number of nitrogens with zero attached hydrogens (tertiary/aromatic N) is 1. The third kappa shape index (κ3) is 3.45. The van der Waals surface area contributed by atoms with Gasteiger partial charge in [0.05, 0.1) is 0 Å². The molecule has 2 heterocycles. The van der Waals surface area contributed by atoms with Gasteiger partial charge in [0.25, 0.3) is 5.91 Å². The quantitative estimate of drug-likeness (QED) is 0.792. The number of amides is 1. The SMILES string of the molecule is O=C(Nc1ccc(Cc2ccccn2)cc1)c1ccc2c(c1)OCO2. The lowest BCUT2D eigenvalue weighted by Crippen LogP contribution is -2.11. The van der Waals surface area contributed by atoms with Gasteiger partial charge in [0.2, 0.25) is 6.79 Å². The number of hydrogen-bond acceptors (Lipinski definition) is 4. The van der Waals surface area contributed by atoms with Gasteiger partial charge in [-0.05, 0) is 48.0 Å². The number of rotatable bonds is 4. The van der Waals surface area contributed by atoms with Crippen LogP contribution in [0.2, 0.25) is 0 Å². The number of pyridine rings is 1. The van der Waals surface area contributed by atoms with Crippen molar-refractivity contribution in [3.63, 3.8) is 0 Å². The first kappa shape index (κ1) is 15.2. The van der Waals surface area contributed by atoms with E-state index in [-0.39, 0.29) is 12.7 Å². The number of carbonyl (C=O) groups is 1. The van der Waals surface area contributed by atoms with Crippen LogP contribution in [0.25, 0.3) is 0 Å². The minimum absolute atomic E-state index is 0.184. The molecule has 0 aliphatic carbocycles. The van der Waals surface area contributed by atoms with Crippen LogP contribution >= 0.6 is 0 Å². The number of fused-ring (bicyclic) bond motifs is 1. The number of aromatic nitrogens is 1. The molecule has 0 saturated heterocycles. The molecule has 1 aliphatic rings. The van der Waals surface area contributed by atoms with Gasteiger partial charge in [-0.15, -0.1) is 0 Å². The first-order chi connectivity index (χ1) is 12.3. The Balaban J connectivity index is 1.43. The van der Waals surface area contributed by atoms with Gasteiger partial charge >= 0.3 is 0 Å². The molecule has 1 N–H and O–H groups in total. The van der Waals surface area contributed by atoms with E-state index >= 15 is 0 Å². The van der Waals surface area contributed by atoms with Gasteiger partial charge < -0.3 is 14.8 Å². The van der Waals surface area contributed by atoms with Crippen LogP contribution in [0.1, 0.15) is 21.6 Å². The van der Waals surface area contributed by atoms with Gasteiger partial charge in [-0.1, -0.05) is 18.2 Å². The summed E-state index contributed by atoms with van der Waals surface area (Å²) >= 11 is 0. The Morgan fingerprint density at radius 2 is 1.84 bits per heavy atom. The maximum absolute atomic E-state index is 12.4. The fraction of sp³-hybridized carbons (Fsp3) is 0.100. The predicted octanol–water partition coefficient (Wildman–Crippen LogP) is 3.65. The molecule has 1 aliphatic heterocycles. The molecule has 0 radical (unpaired) electrons. The largest absolute Gasteiger partial charge is 0.454 e. The number of carbonyl (C=O) groups excluding carboxylic acids is 1. The van der Waals surface area contributed by atoms with E-state index in [1.54, 1.807) is 24.4 Å². The van der Waals surface area contributed by atoms with E-state index in [1.807, 2.05) is 42.5 Å². The summed E-state index contributed by atoms with van der Waals surface area (Å²) in [6, 6.07) is 18.8. The molecule has 124 valence electrons. The van der Waals surface area contributed by atoms with E-state index in [4.69, 9.17) is 9.47 Å². The van der Waals surface area contributed by atoms with E-state index in [1.165, 1.54) is 0 Å². The van der Waals surface area contributed by atoms with Crippen molar-refractivity contribution in [2.45, 2.75) is 6.42 Å². The van der Waals surface area contributed by atoms with Crippen molar-refractivity contribution in [1.82, 2.24) is 4.98 Å². The molecule has 0 saturated carbocycles. The highest BCUT2D eigenvalue weighted by Crippen LogP contribution is 2.32. The molecular formula is C20H16N2O3. The van der Waals surface area contributed by atoms with Crippen molar-refractivity contribution < 1.29 is 14.3 Å². The van der Waals surface area contributed by atoms with Crippen LogP contribution in [-0.2, 0) is 6.42 Å². The summed E-state index contributed by atoms with van der Waals surface area (Å²) < 4.78 is 10.6. The van der Waals surface area contributed by atoms with E-state index in [0.29, 0.717) is 17.1 Å². The van der Waals surface area contributed by atoms with E-state index in [2.05, 4.69) is 10.3 Å². The van der Waals surface area contributed by atoms with Crippen LogP contribution in [0.4, 0.5) is 5.69 Å². The summed E-state index contributed by atoms with van der Waals surface area (Å²) in [6.45, 7) is 0.193. The van der Waals surface area contributed by atoms with Gasteiger partial charge in [-0.25, -0.2) is 0 Å². The van der Waals surface area contributed by atoms with E-state index in [9.17, 15) is 4.79 Å². The second-order valence-corrected chi connectivity index (χ2v) is 5.72. The lowest BCUT2D eigenvalue weighted by atomic mass is 10.1. The van der Waals surface area contributed by atoms with E-state index in [0.717, 1.165) is 23.4 Å². The number of anilines is 1. The Morgan fingerprint density at radius 3 is 2.64 bits per heavy atom. The van der Waals surface area contributed by atoms with Crippen molar-refractivity contribution in [1.29, 1.82) is 0 Å². The second-order valence-electron chi connectivity index (χ2n) is 5.72. The average Bonchev–Trinajstić information content (AvgIpc) is 3.12. The topological polar surface area (TPSA) is 60.5 Å². The molecule has 1 amide bonds. The van der Waals surface area contributed by atoms with Gasteiger partial charge in [0, 0.05) is 29.6 Å². The number of ether oxygens (including phenoxy) is 2. The minimum Gasteiger partial charge on any atom is -0.454 e. The minimum atomic E-state index is -0.184. The second kappa shape index (κ2) is 6.65. The fourth-order valence-electron chi connectivity index (χ4n) is 2.66. The Hall–Kier alpha value is -3.34. The maximum atomic E-state index is 12.4. The van der Waals surface area contributed by atoms with Crippen LogP contribution in [0.15, 0.2) is 66.9 Å². The summed E-state index contributed by atoms with van der Waals surface area (Å²) in [5.74, 6) is 1.07. The summed E-state index contributed by atoms with van der Waals surface area (Å²) in [6.07, 6.45) is 2.55. The van der Waals surface area contributed by atoms with Crippen LogP contribution in [0.3, 0.4) is 0 Å². The Labute approximate surface area is 145 Å². The third-order valence-corrected chi connectivity index (χ3v) is 3.96. The Bertz CT molecular complexity index is 893. The standard InChI is InChI=1S/C20H16N2O3/c23-20(15-6-9-18-19(12-15)25-13-24-18)22-16-7-4-14(5-8-16)11-17-3-1-2-10-21-17/h1-10,12H,11,13H2,(H,22,23). The third-order valence-electron chi connectivity index (χ3n) is 3.96. The maximum Gasteiger partial charge on any atom is 0.255 e. The average molecular weight is 332 g/mol. The molecule has 3 aromatic rings. The molecule has 0 spiro atoms. The number of nitrogens with one attached hydrogen (secondary N) is 1. The van der Waals surface area contributed by atoms with Gasteiger partial charge in [-0.2, -0.15) is 0 Å². The lowest BCUT2D eigenvalue weighted by molar-refractivity contribution is 0.102. The smallest absolute Gasteiger partial charge is 0.255 e. The molecule has 5 heteroatoms. The summed E-state index contributed by atoms with van der Waals surface area (Å²) in [4.78, 5) is 16.7. The van der Waals surface area contributed by atoms with Crippen molar-refractivity contribution in [3.05, 3.63) is 83.7 Å². The van der Waals surface area contributed by atoms with Crippen molar-refractivity contribution in [3.8, 4) is 11.5 Å². The zero-order valence-electron chi connectivity index (χ0n) is 13.4. The van der Waals surface area contributed by atoms with Crippen molar-refractivity contribution in [2.75, 3.05) is 12.1 Å². The summed E-state index contributed by atoms with van der Waals surface area (Å²) in [7, 11) is 0. The number of benzene rings is 2. The van der Waals surface area contributed by atoms with Crippen LogP contribution in [-0.4, -0.2) is 17.7 Å². The van der Waals surface area contributed by atoms with E-state index < -0.39 is 0 Å². The fourth-order valence-corrected chi connectivity index (χ4v) is 2.66. The molecule has 0 unspecified atom stereocenters. The molecule has 0 fully saturated rings. The highest BCUT2D eigenvalue weighted by Gasteiger charge is 2.16. The summed E-state index contributed by atoms with van der Waals surface area (Å²) in [5, 5.41) is 2.89. The van der Waals surface area contributed by atoms with Crippen LogP contribution in [0, 0.1) is 0 Å². The molecule has 4 rings (SSSR count). The lowest BCUT2D eigenvalue weighted by Gasteiger charge is -2.07. The predicted molar refractivity (Wildman–Crippen MR) is 94.0 cm³/mol. The molecular weight excluding hydrogens is 316 g/mol. The molecule has 25 heavy (non-hydrogen) atoms. The van der Waals surface area contributed by atoms with Gasteiger partial charge in [0.1, 0.15) is 0 Å². The molecule has 5 nitrogen and oxygen atoms in total. The van der Waals surface area contributed by atoms with Gasteiger partial charge in [0.15, 0.2) is 11.5 Å². The highest BCUT2D eigenvalue weighted by molar-refractivity contribution is 6.04. The zero-order valence-corrected chi connectivity index (χ0v) is 13.4. The molecule has 0 bridgehead atoms. The van der Waals surface area contributed by atoms with Crippen molar-refractivity contribution >= 4 is 11.6 Å². The van der Waals surface area contributed by atoms with Gasteiger partial charge in [-0.3, -0.25) is 9.78 Å². The van der Waals surface area contributed by atoms with Crippen molar-refractivity contribution in [2.24, 2.45) is 0 Å². The van der Waals surface area contributed by atoms with Crippen LogP contribution in [0.5, 0.6) is 11.5 Å². The highest BCUT2D eigenvalue weighted by atomic mass is 16.7. The number of hydrogen-bond donors (Lipinski definition) is 1. The normalized spacial score (nSPS) is 12.0. The first-order valence-electron chi connectivity index (χ1n) is 7.98. The Kier molecular flexibility index (Phi) is 4.04. The molecule has 0 atom stereocenters. The first-order valence-corrected chi connectivity index (χ1v) is 7.98. The molecule has 1 aromatic heterocycles.